The van der Waals surface area contributed by atoms with Gasteiger partial charge in [0.1, 0.15) is 5.82 Å². The molecule has 0 aliphatic carbocycles. The summed E-state index contributed by atoms with van der Waals surface area (Å²) >= 11 is 0. The van der Waals surface area contributed by atoms with Crippen molar-refractivity contribution in [1.29, 1.82) is 0 Å². The average Bonchev–Trinajstić information content (AvgIpc) is 2.53. The largest absolute Gasteiger partial charge is 0.469 e. The smallest absolute Gasteiger partial charge is 0.310 e. The third-order valence-corrected chi connectivity index (χ3v) is 4.00. The summed E-state index contributed by atoms with van der Waals surface area (Å²) in [6, 6.07) is 4.57. The van der Waals surface area contributed by atoms with E-state index in [1.165, 1.54) is 19.2 Å². The van der Waals surface area contributed by atoms with Crippen molar-refractivity contribution in [3.8, 4) is 0 Å². The molecular weight excluding hydrogens is 295 g/mol. The van der Waals surface area contributed by atoms with Crippen molar-refractivity contribution in [3.05, 3.63) is 35.3 Å². The Labute approximate surface area is 136 Å². The SMILES string of the molecule is CCCCN(C)c1c(CC(=O)OC)c(C)nc2ccc(F)cc12. The molecule has 124 valence electrons. The number of ether oxygens (including phenoxy) is 1. The highest BCUT2D eigenvalue weighted by molar-refractivity contribution is 5.95. The number of aromatic nitrogens is 1. The molecule has 0 spiro atoms. The Hall–Kier alpha value is -2.17. The highest BCUT2D eigenvalue weighted by Crippen LogP contribution is 2.32. The monoisotopic (exact) mass is 318 g/mol. The molecule has 0 fully saturated rings. The quantitative estimate of drug-likeness (QED) is 0.763. The van der Waals surface area contributed by atoms with Gasteiger partial charge < -0.3 is 9.64 Å². The summed E-state index contributed by atoms with van der Waals surface area (Å²) in [7, 11) is 3.34. The normalized spacial score (nSPS) is 10.8. The summed E-state index contributed by atoms with van der Waals surface area (Å²) in [5.41, 5.74) is 3.17. The summed E-state index contributed by atoms with van der Waals surface area (Å²) < 4.78 is 18.6. The number of fused-ring (bicyclic) bond motifs is 1. The summed E-state index contributed by atoms with van der Waals surface area (Å²) in [4.78, 5) is 18.4. The van der Waals surface area contributed by atoms with Gasteiger partial charge in [0.15, 0.2) is 0 Å². The third kappa shape index (κ3) is 3.78. The summed E-state index contributed by atoms with van der Waals surface area (Å²) in [6.45, 7) is 4.83. The first-order valence-electron chi connectivity index (χ1n) is 7.84. The number of halogens is 1. The van der Waals surface area contributed by atoms with Crippen molar-refractivity contribution in [3.63, 3.8) is 0 Å². The molecule has 0 unspecified atom stereocenters. The van der Waals surface area contributed by atoms with Crippen molar-refractivity contribution < 1.29 is 13.9 Å². The number of hydrogen-bond donors (Lipinski definition) is 0. The second-order valence-electron chi connectivity index (χ2n) is 5.71. The fraction of sp³-hybridized carbons (Fsp3) is 0.444. The lowest BCUT2D eigenvalue weighted by Gasteiger charge is -2.25. The van der Waals surface area contributed by atoms with Gasteiger partial charge in [0, 0.05) is 30.2 Å². The molecule has 0 aliphatic rings. The molecular formula is C18H23FN2O2. The molecule has 1 aromatic carbocycles. The first-order chi connectivity index (χ1) is 11.0. The van der Waals surface area contributed by atoms with Gasteiger partial charge in [0.05, 0.1) is 24.7 Å². The molecule has 0 radical (unpaired) electrons. The zero-order chi connectivity index (χ0) is 17.0. The predicted octanol–water partition coefficient (Wildman–Crippen LogP) is 3.63. The van der Waals surface area contributed by atoms with E-state index in [0.717, 1.165) is 47.2 Å². The fourth-order valence-electron chi connectivity index (χ4n) is 2.75. The Morgan fingerprint density at radius 3 is 2.78 bits per heavy atom. The minimum absolute atomic E-state index is 0.133. The van der Waals surface area contributed by atoms with Crippen LogP contribution in [0.5, 0.6) is 0 Å². The van der Waals surface area contributed by atoms with Crippen molar-refractivity contribution in [2.45, 2.75) is 33.1 Å². The van der Waals surface area contributed by atoms with E-state index in [4.69, 9.17) is 4.74 Å². The van der Waals surface area contributed by atoms with E-state index in [2.05, 4.69) is 16.8 Å². The highest BCUT2D eigenvalue weighted by Gasteiger charge is 2.19. The van der Waals surface area contributed by atoms with Crippen LogP contribution in [0.2, 0.25) is 0 Å². The van der Waals surface area contributed by atoms with Crippen molar-refractivity contribution in [2.75, 3.05) is 25.6 Å². The van der Waals surface area contributed by atoms with Crippen LogP contribution in [-0.4, -0.2) is 31.7 Å². The van der Waals surface area contributed by atoms with E-state index >= 15 is 0 Å². The number of unbranched alkanes of at least 4 members (excludes halogenated alkanes) is 1. The van der Waals surface area contributed by atoms with Gasteiger partial charge in [-0.25, -0.2) is 4.39 Å². The standard InChI is InChI=1S/C18H23FN2O2/c1-5-6-9-21(3)18-14(11-17(22)23-4)12(2)20-16-8-7-13(19)10-15(16)18/h7-8,10H,5-6,9,11H2,1-4H3. The third-order valence-electron chi connectivity index (χ3n) is 4.00. The fourth-order valence-corrected chi connectivity index (χ4v) is 2.75. The molecule has 0 saturated carbocycles. The zero-order valence-electron chi connectivity index (χ0n) is 14.1. The lowest BCUT2D eigenvalue weighted by molar-refractivity contribution is -0.139. The van der Waals surface area contributed by atoms with Crippen LogP contribution in [0.25, 0.3) is 10.9 Å². The number of rotatable bonds is 6. The number of methoxy groups -OCH3 is 1. The predicted molar refractivity (Wildman–Crippen MR) is 90.3 cm³/mol. The molecule has 0 amide bonds. The number of aryl methyl sites for hydroxylation is 1. The number of carbonyl (C=O) groups excluding carboxylic acids is 1. The van der Waals surface area contributed by atoms with Gasteiger partial charge in [-0.3, -0.25) is 9.78 Å². The van der Waals surface area contributed by atoms with Crippen LogP contribution in [0.4, 0.5) is 10.1 Å². The molecule has 1 aromatic heterocycles. The molecule has 0 aliphatic heterocycles. The Morgan fingerprint density at radius 1 is 1.39 bits per heavy atom. The van der Waals surface area contributed by atoms with Crippen molar-refractivity contribution in [2.24, 2.45) is 0 Å². The van der Waals surface area contributed by atoms with Gasteiger partial charge >= 0.3 is 5.97 Å². The number of nitrogens with zero attached hydrogens (tertiary/aromatic N) is 2. The molecule has 0 bridgehead atoms. The van der Waals surface area contributed by atoms with Crippen LogP contribution in [-0.2, 0) is 16.0 Å². The number of esters is 1. The Morgan fingerprint density at radius 2 is 2.13 bits per heavy atom. The number of carbonyl (C=O) groups is 1. The molecule has 1 heterocycles. The lowest BCUT2D eigenvalue weighted by Crippen LogP contribution is -2.22. The molecule has 23 heavy (non-hydrogen) atoms. The number of hydrogen-bond acceptors (Lipinski definition) is 4. The highest BCUT2D eigenvalue weighted by atomic mass is 19.1. The second kappa shape index (κ2) is 7.40. The Kier molecular flexibility index (Phi) is 5.53. The van der Waals surface area contributed by atoms with Gasteiger partial charge in [0.2, 0.25) is 0 Å². The number of benzene rings is 1. The van der Waals surface area contributed by atoms with Crippen LogP contribution < -0.4 is 4.90 Å². The van der Waals surface area contributed by atoms with Crippen LogP contribution in [0.1, 0.15) is 31.0 Å². The molecule has 2 aromatic rings. The lowest BCUT2D eigenvalue weighted by atomic mass is 10.0. The maximum absolute atomic E-state index is 13.8. The summed E-state index contributed by atoms with van der Waals surface area (Å²) in [5.74, 6) is -0.631. The van der Waals surface area contributed by atoms with Crippen molar-refractivity contribution in [1.82, 2.24) is 4.98 Å². The van der Waals surface area contributed by atoms with Crippen LogP contribution in [0.3, 0.4) is 0 Å². The van der Waals surface area contributed by atoms with Gasteiger partial charge in [-0.2, -0.15) is 0 Å². The van der Waals surface area contributed by atoms with Gasteiger partial charge in [0.25, 0.3) is 0 Å². The minimum Gasteiger partial charge on any atom is -0.469 e. The number of pyridine rings is 1. The van der Waals surface area contributed by atoms with E-state index in [1.807, 2.05) is 14.0 Å². The topological polar surface area (TPSA) is 42.4 Å². The minimum atomic E-state index is -0.323. The van der Waals surface area contributed by atoms with Crippen molar-refractivity contribution >= 4 is 22.6 Å². The van der Waals surface area contributed by atoms with Gasteiger partial charge in [-0.05, 0) is 31.5 Å². The zero-order valence-corrected chi connectivity index (χ0v) is 14.1. The Bertz CT molecular complexity index is 716. The van der Waals surface area contributed by atoms with Crippen LogP contribution >= 0.6 is 0 Å². The van der Waals surface area contributed by atoms with Crippen LogP contribution in [0.15, 0.2) is 18.2 Å². The van der Waals surface area contributed by atoms with E-state index in [9.17, 15) is 9.18 Å². The maximum atomic E-state index is 13.8. The summed E-state index contributed by atoms with van der Waals surface area (Å²) in [6.07, 6.45) is 2.22. The van der Waals surface area contributed by atoms with Crippen LogP contribution in [0, 0.1) is 12.7 Å². The Balaban J connectivity index is 2.65. The van der Waals surface area contributed by atoms with E-state index in [-0.39, 0.29) is 18.2 Å². The molecule has 2 rings (SSSR count). The summed E-state index contributed by atoms with van der Waals surface area (Å²) in [5, 5.41) is 0.730. The maximum Gasteiger partial charge on any atom is 0.310 e. The van der Waals surface area contributed by atoms with E-state index in [1.54, 1.807) is 6.07 Å². The molecule has 0 N–H and O–H groups in total. The first kappa shape index (κ1) is 17.2. The molecule has 5 heteroatoms. The number of anilines is 1. The van der Waals surface area contributed by atoms with Gasteiger partial charge in [-0.15, -0.1) is 0 Å². The molecule has 0 saturated heterocycles. The average molecular weight is 318 g/mol. The second-order valence-corrected chi connectivity index (χ2v) is 5.71. The molecule has 4 nitrogen and oxygen atoms in total. The molecule has 0 atom stereocenters. The van der Waals surface area contributed by atoms with E-state index in [0.29, 0.717) is 0 Å². The first-order valence-corrected chi connectivity index (χ1v) is 7.84. The van der Waals surface area contributed by atoms with E-state index < -0.39 is 0 Å². The van der Waals surface area contributed by atoms with Gasteiger partial charge in [-0.1, -0.05) is 13.3 Å².